The number of nitrogen functional groups attached to an aromatic ring is 1. The summed E-state index contributed by atoms with van der Waals surface area (Å²) in [5, 5.41) is 21.1. The molecule has 0 saturated heterocycles. The molecule has 0 bridgehead atoms. The SMILES string of the molecule is Nc1ccnn1C(=O)c1ccn2c(-c3cccc(NC(=O)NCC(F)(F)F)c3)cnc2c1.O=C(NCC(F)(F)F)Nc1cccc(-c2cnc3cc(C(=O)O)ccn23)c1. The molecule has 7 rings (SSSR count). The number of nitrogens with two attached hydrogens (primary N) is 1. The minimum atomic E-state index is -4.50. The van der Waals surface area contributed by atoms with Crippen LogP contribution in [0.1, 0.15) is 20.7 Å². The highest BCUT2D eigenvalue weighted by atomic mass is 19.4. The molecule has 0 spiro atoms. The van der Waals surface area contributed by atoms with Crippen LogP contribution in [0.25, 0.3) is 33.8 Å². The van der Waals surface area contributed by atoms with Crippen molar-refractivity contribution in [3.8, 4) is 22.5 Å². The van der Waals surface area contributed by atoms with Crippen molar-refractivity contribution < 1.29 is 50.6 Å². The van der Waals surface area contributed by atoms with Crippen molar-refractivity contribution in [2.75, 3.05) is 29.5 Å². The summed E-state index contributed by atoms with van der Waals surface area (Å²) in [5.74, 6) is -1.27. The molecule has 0 aliphatic rings. The maximum Gasteiger partial charge on any atom is 0.405 e. The van der Waals surface area contributed by atoms with Gasteiger partial charge in [0.1, 0.15) is 30.2 Å². The zero-order valence-electron chi connectivity index (χ0n) is 29.9. The number of nitrogens with one attached hydrogen (secondary N) is 4. The molecule has 0 saturated carbocycles. The Morgan fingerprint density at radius 1 is 0.661 bits per heavy atom. The Balaban J connectivity index is 0.000000201. The molecule has 0 unspecified atom stereocenters. The van der Waals surface area contributed by atoms with Gasteiger partial charge < -0.3 is 32.1 Å². The Morgan fingerprint density at radius 2 is 1.14 bits per heavy atom. The molecule has 16 nitrogen and oxygen atoms in total. The van der Waals surface area contributed by atoms with E-state index in [2.05, 4.69) is 25.7 Å². The third-order valence-corrected chi connectivity index (χ3v) is 8.12. The predicted molar refractivity (Wildman–Crippen MR) is 201 cm³/mol. The molecule has 7 aromatic rings. The van der Waals surface area contributed by atoms with E-state index in [4.69, 9.17) is 10.8 Å². The molecule has 0 atom stereocenters. The lowest BCUT2D eigenvalue weighted by molar-refractivity contribution is -0.123. The molecule has 4 amide bonds. The van der Waals surface area contributed by atoms with Crippen molar-refractivity contribution in [1.29, 1.82) is 0 Å². The molecule has 5 heterocycles. The van der Waals surface area contributed by atoms with Crippen LogP contribution in [0.2, 0.25) is 0 Å². The number of hydrogen-bond donors (Lipinski definition) is 6. The largest absolute Gasteiger partial charge is 0.478 e. The van der Waals surface area contributed by atoms with E-state index in [1.54, 1.807) is 92.6 Å². The third kappa shape index (κ3) is 10.3. The molecule has 0 radical (unpaired) electrons. The molecule has 0 aliphatic carbocycles. The first kappa shape index (κ1) is 40.7. The van der Waals surface area contributed by atoms with Crippen molar-refractivity contribution in [3.63, 3.8) is 0 Å². The van der Waals surface area contributed by atoms with Gasteiger partial charge in [-0.2, -0.15) is 36.1 Å². The Morgan fingerprint density at radius 3 is 1.58 bits per heavy atom. The number of carboxylic acid groups (broad SMARTS) is 1. The molecular formula is C37H29F6N11O5. The number of carboxylic acids is 1. The number of rotatable bonds is 8. The second-order valence-electron chi connectivity index (χ2n) is 12.4. The van der Waals surface area contributed by atoms with E-state index >= 15 is 0 Å². The summed E-state index contributed by atoms with van der Waals surface area (Å²) < 4.78 is 77.6. The third-order valence-electron chi connectivity index (χ3n) is 8.12. The van der Waals surface area contributed by atoms with Gasteiger partial charge in [-0.15, -0.1) is 0 Å². The summed E-state index contributed by atoms with van der Waals surface area (Å²) in [6.45, 7) is -2.87. The van der Waals surface area contributed by atoms with E-state index in [9.17, 15) is 45.5 Å². The number of anilines is 3. The van der Waals surface area contributed by atoms with E-state index in [-0.39, 0.29) is 11.4 Å². The Bertz CT molecular complexity index is 2690. The zero-order valence-corrected chi connectivity index (χ0v) is 29.9. The fraction of sp³-hybridized carbons (Fsp3) is 0.108. The average molecular weight is 822 g/mol. The second-order valence-corrected chi connectivity index (χ2v) is 12.4. The van der Waals surface area contributed by atoms with Crippen LogP contribution in [-0.2, 0) is 0 Å². The molecule has 7 N–H and O–H groups in total. The van der Waals surface area contributed by atoms with Crippen LogP contribution in [0.5, 0.6) is 0 Å². The summed E-state index contributed by atoms with van der Waals surface area (Å²) in [6, 6.07) is 18.6. The number of benzene rings is 2. The maximum atomic E-state index is 12.6. The summed E-state index contributed by atoms with van der Waals surface area (Å²) in [5.41, 5.74) is 10.2. The topological polar surface area (TPSA) is 215 Å². The lowest BCUT2D eigenvalue weighted by atomic mass is 10.1. The summed E-state index contributed by atoms with van der Waals surface area (Å²) in [6.07, 6.45) is -1.26. The van der Waals surface area contributed by atoms with Gasteiger partial charge in [0, 0.05) is 46.5 Å². The van der Waals surface area contributed by atoms with Crippen LogP contribution in [0.3, 0.4) is 0 Å². The highest BCUT2D eigenvalue weighted by Crippen LogP contribution is 2.26. The summed E-state index contributed by atoms with van der Waals surface area (Å²) in [7, 11) is 0. The molecule has 5 aromatic heterocycles. The summed E-state index contributed by atoms with van der Waals surface area (Å²) >= 11 is 0. The Kier molecular flexibility index (Phi) is 11.5. The number of fused-ring (bicyclic) bond motifs is 2. The van der Waals surface area contributed by atoms with Gasteiger partial charge in [-0.05, 0) is 48.5 Å². The van der Waals surface area contributed by atoms with Gasteiger partial charge in [-0.1, -0.05) is 24.3 Å². The number of aromatic nitrogens is 6. The second kappa shape index (κ2) is 16.7. The fourth-order valence-corrected chi connectivity index (χ4v) is 5.48. The molecular weight excluding hydrogens is 792 g/mol. The minimum Gasteiger partial charge on any atom is -0.478 e. The van der Waals surface area contributed by atoms with Crippen molar-refractivity contribution in [1.82, 2.24) is 39.2 Å². The van der Waals surface area contributed by atoms with E-state index < -0.39 is 49.4 Å². The van der Waals surface area contributed by atoms with Crippen molar-refractivity contribution in [2.24, 2.45) is 0 Å². The van der Waals surface area contributed by atoms with E-state index in [0.717, 1.165) is 4.68 Å². The predicted octanol–water partition coefficient (Wildman–Crippen LogP) is 6.54. The molecule has 22 heteroatoms. The first-order valence-electron chi connectivity index (χ1n) is 16.9. The Hall–Kier alpha value is -7.91. The van der Waals surface area contributed by atoms with Crippen LogP contribution in [0, 0.1) is 0 Å². The van der Waals surface area contributed by atoms with Crippen molar-refractivity contribution in [2.45, 2.75) is 12.4 Å². The van der Waals surface area contributed by atoms with E-state index in [1.165, 1.54) is 36.7 Å². The zero-order chi connectivity index (χ0) is 42.5. The fourth-order valence-electron chi connectivity index (χ4n) is 5.48. The van der Waals surface area contributed by atoms with Crippen LogP contribution >= 0.6 is 0 Å². The lowest BCUT2D eigenvalue weighted by Gasteiger charge is -2.11. The standard InChI is InChI=1S/C20H16F3N7O2.C17H13F3N4O3/c21-20(22,23)11-26-19(32)28-14-3-1-2-12(8-14)15-10-25-17-9-13(5-7-29(15)17)18(31)30-16(24)4-6-27-30;18-17(19,20)9-22-16(27)23-12-3-1-2-10(6-12)13-8-21-14-7-11(15(25)26)4-5-24(13)14/h1-10H,11,24H2,(H2,26,28,32);1-8H,9H2,(H,25,26)(H2,22,23,27). The van der Waals surface area contributed by atoms with Crippen LogP contribution in [0.4, 0.5) is 53.1 Å². The number of carbonyl (C=O) groups is 4. The highest BCUT2D eigenvalue weighted by Gasteiger charge is 2.28. The van der Waals surface area contributed by atoms with Gasteiger partial charge in [0.2, 0.25) is 0 Å². The van der Waals surface area contributed by atoms with Gasteiger partial charge in [0.25, 0.3) is 5.91 Å². The van der Waals surface area contributed by atoms with Crippen molar-refractivity contribution >= 4 is 52.4 Å². The van der Waals surface area contributed by atoms with E-state index in [1.807, 2.05) is 0 Å². The normalized spacial score (nSPS) is 11.4. The first-order chi connectivity index (χ1) is 27.9. The van der Waals surface area contributed by atoms with Crippen LogP contribution < -0.4 is 27.0 Å². The number of pyridine rings is 2. The quantitative estimate of drug-likeness (QED) is 0.0918. The van der Waals surface area contributed by atoms with Crippen molar-refractivity contribution in [3.05, 3.63) is 121 Å². The smallest absolute Gasteiger partial charge is 0.405 e. The Labute approximate surface area is 327 Å². The number of carbonyl (C=O) groups excluding carboxylic acids is 3. The number of hydrogen-bond acceptors (Lipinski definition) is 8. The van der Waals surface area contributed by atoms with Gasteiger partial charge in [-0.25, -0.2) is 24.4 Å². The number of imidazole rings is 2. The summed E-state index contributed by atoms with van der Waals surface area (Å²) in [4.78, 5) is 55.4. The van der Waals surface area contributed by atoms with E-state index in [0.29, 0.717) is 50.7 Å². The number of nitrogens with zero attached hydrogens (tertiary/aromatic N) is 6. The first-order valence-corrected chi connectivity index (χ1v) is 16.9. The molecule has 304 valence electrons. The van der Waals surface area contributed by atoms with Gasteiger partial charge in [0.15, 0.2) is 0 Å². The van der Waals surface area contributed by atoms with Crippen LogP contribution in [0.15, 0.2) is 110 Å². The maximum absolute atomic E-state index is 12.6. The number of alkyl halides is 6. The van der Waals surface area contributed by atoms with Gasteiger partial charge >= 0.3 is 30.4 Å². The lowest BCUT2D eigenvalue weighted by Crippen LogP contribution is -2.36. The monoisotopic (exact) mass is 821 g/mol. The molecule has 0 fully saturated rings. The number of halogens is 6. The van der Waals surface area contributed by atoms with Gasteiger partial charge in [-0.3, -0.25) is 13.6 Å². The number of aromatic carboxylic acids is 1. The molecule has 59 heavy (non-hydrogen) atoms. The molecule has 0 aliphatic heterocycles. The van der Waals surface area contributed by atoms with Gasteiger partial charge in [0.05, 0.1) is 35.5 Å². The number of amides is 4. The molecule has 2 aromatic carbocycles. The van der Waals surface area contributed by atoms with Crippen LogP contribution in [-0.4, -0.2) is 83.0 Å². The number of urea groups is 2. The average Bonchev–Trinajstić information content (AvgIpc) is 3.94. The minimum absolute atomic E-state index is 0.0939. The highest BCUT2D eigenvalue weighted by molar-refractivity contribution is 5.98.